The first-order chi connectivity index (χ1) is 17.8. The summed E-state index contributed by atoms with van der Waals surface area (Å²) in [5.74, 6) is -0.707. The molecular formula is C27H26F2N6O2. The molecule has 0 bridgehead atoms. The van der Waals surface area contributed by atoms with Crippen LogP contribution in [0.5, 0.6) is 0 Å². The number of H-pyrrole nitrogens is 1. The normalized spacial score (nSPS) is 15.5. The molecule has 5 rings (SSSR count). The summed E-state index contributed by atoms with van der Waals surface area (Å²) in [5, 5.41) is 10.4. The van der Waals surface area contributed by atoms with Gasteiger partial charge in [-0.25, -0.2) is 23.8 Å². The summed E-state index contributed by atoms with van der Waals surface area (Å²) < 4.78 is 28.4. The minimum Gasteiger partial charge on any atom is -0.350 e. The van der Waals surface area contributed by atoms with Crippen LogP contribution >= 0.6 is 0 Å². The van der Waals surface area contributed by atoms with Crippen molar-refractivity contribution in [2.75, 3.05) is 18.4 Å². The van der Waals surface area contributed by atoms with Crippen LogP contribution in [-0.4, -0.2) is 50.1 Å². The van der Waals surface area contributed by atoms with E-state index in [1.807, 2.05) is 0 Å². The summed E-state index contributed by atoms with van der Waals surface area (Å²) in [6.45, 7) is 5.01. The van der Waals surface area contributed by atoms with Crippen molar-refractivity contribution >= 4 is 22.6 Å². The minimum atomic E-state index is -0.612. The highest BCUT2D eigenvalue weighted by Crippen LogP contribution is 2.22. The van der Waals surface area contributed by atoms with Gasteiger partial charge in [0.05, 0.1) is 16.6 Å². The second-order valence-corrected chi connectivity index (χ2v) is 9.56. The number of rotatable bonds is 6. The van der Waals surface area contributed by atoms with E-state index in [-0.39, 0.29) is 23.4 Å². The van der Waals surface area contributed by atoms with Gasteiger partial charge >= 0.3 is 0 Å². The number of aromatic nitrogens is 4. The first-order valence-electron chi connectivity index (χ1n) is 12.1. The maximum Gasteiger partial charge on any atom is 0.272 e. The number of likely N-dealkylation sites (tertiary alicyclic amines) is 1. The van der Waals surface area contributed by atoms with Gasteiger partial charge < -0.3 is 10.2 Å². The van der Waals surface area contributed by atoms with Crippen molar-refractivity contribution in [3.63, 3.8) is 0 Å². The molecule has 1 aliphatic heterocycles. The molecule has 1 atom stereocenters. The Bertz CT molecular complexity index is 1520. The van der Waals surface area contributed by atoms with Crippen LogP contribution < -0.4 is 10.9 Å². The Morgan fingerprint density at radius 2 is 1.92 bits per heavy atom. The Kier molecular flexibility index (Phi) is 6.64. The molecule has 10 heteroatoms. The van der Waals surface area contributed by atoms with Crippen molar-refractivity contribution in [3.8, 4) is 0 Å². The predicted octanol–water partition coefficient (Wildman–Crippen LogP) is 4.03. The molecular weight excluding hydrogens is 478 g/mol. The minimum absolute atomic E-state index is 0.0320. The number of carbonyl (C=O) groups is 1. The van der Waals surface area contributed by atoms with E-state index in [4.69, 9.17) is 0 Å². The van der Waals surface area contributed by atoms with Gasteiger partial charge in [-0.05, 0) is 53.8 Å². The number of nitrogens with zero attached hydrogens (tertiary/aromatic N) is 4. The molecule has 0 spiro atoms. The molecule has 0 aliphatic carbocycles. The standard InChI is InChI=1S/C27H26F2N6O2/c1-15(2)17-12-30-27(31-13-17)32-19-7-8-35(14-19)26(37)22-9-16(3-6-23(22)29)10-24-20-5-4-18(28)11-21(20)25(36)34-33-24/h3-6,9,11-13,15,19H,7-8,10,14H2,1-2H3,(H,34,36)(H,30,31,32)/t19-/m1/s1. The monoisotopic (exact) mass is 504 g/mol. The fourth-order valence-corrected chi connectivity index (χ4v) is 4.50. The molecule has 8 nitrogen and oxygen atoms in total. The third-order valence-electron chi connectivity index (χ3n) is 6.61. The predicted molar refractivity (Wildman–Crippen MR) is 136 cm³/mol. The van der Waals surface area contributed by atoms with Gasteiger partial charge in [0.2, 0.25) is 5.95 Å². The highest BCUT2D eigenvalue weighted by Gasteiger charge is 2.29. The number of aromatic amines is 1. The van der Waals surface area contributed by atoms with Gasteiger partial charge in [-0.1, -0.05) is 19.9 Å². The number of halogens is 2. The zero-order valence-corrected chi connectivity index (χ0v) is 20.5. The second kappa shape index (κ2) is 10.0. The van der Waals surface area contributed by atoms with Crippen molar-refractivity contribution in [2.24, 2.45) is 0 Å². The fourth-order valence-electron chi connectivity index (χ4n) is 4.50. The summed E-state index contributed by atoms with van der Waals surface area (Å²) in [4.78, 5) is 35.6. The first kappa shape index (κ1) is 24.5. The quantitative estimate of drug-likeness (QED) is 0.411. The summed E-state index contributed by atoms with van der Waals surface area (Å²) in [6.07, 6.45) is 4.49. The molecule has 4 aromatic rings. The molecule has 1 saturated heterocycles. The fraction of sp³-hybridized carbons (Fsp3) is 0.296. The molecule has 3 heterocycles. The number of fused-ring (bicyclic) bond motifs is 1. The molecule has 37 heavy (non-hydrogen) atoms. The molecule has 0 unspecified atom stereocenters. The van der Waals surface area contributed by atoms with Crippen LogP contribution in [0, 0.1) is 11.6 Å². The highest BCUT2D eigenvalue weighted by molar-refractivity contribution is 5.95. The highest BCUT2D eigenvalue weighted by atomic mass is 19.1. The van der Waals surface area contributed by atoms with Gasteiger partial charge in [-0.15, -0.1) is 0 Å². The average molecular weight is 505 g/mol. The van der Waals surface area contributed by atoms with E-state index in [9.17, 15) is 18.4 Å². The van der Waals surface area contributed by atoms with Gasteiger partial charge in [0.25, 0.3) is 11.5 Å². The Morgan fingerprint density at radius 1 is 1.14 bits per heavy atom. The van der Waals surface area contributed by atoms with E-state index in [0.29, 0.717) is 48.0 Å². The van der Waals surface area contributed by atoms with Crippen LogP contribution in [0.2, 0.25) is 0 Å². The zero-order chi connectivity index (χ0) is 26.1. The van der Waals surface area contributed by atoms with E-state index in [1.165, 1.54) is 24.3 Å². The lowest BCUT2D eigenvalue weighted by Gasteiger charge is -2.18. The van der Waals surface area contributed by atoms with Gasteiger partial charge in [0.15, 0.2) is 0 Å². The maximum atomic E-state index is 14.7. The topological polar surface area (TPSA) is 104 Å². The first-order valence-corrected chi connectivity index (χ1v) is 12.1. The molecule has 190 valence electrons. The summed E-state index contributed by atoms with van der Waals surface area (Å²) in [5.41, 5.74) is 1.65. The van der Waals surface area contributed by atoms with Crippen molar-refractivity contribution < 1.29 is 13.6 Å². The number of hydrogen-bond donors (Lipinski definition) is 2. The van der Waals surface area contributed by atoms with E-state index in [0.717, 1.165) is 11.6 Å². The van der Waals surface area contributed by atoms with E-state index in [2.05, 4.69) is 39.3 Å². The second-order valence-electron chi connectivity index (χ2n) is 9.56. The molecule has 0 radical (unpaired) electrons. The lowest BCUT2D eigenvalue weighted by Crippen LogP contribution is -2.32. The van der Waals surface area contributed by atoms with Crippen LogP contribution in [0.1, 0.15) is 53.4 Å². The van der Waals surface area contributed by atoms with Crippen LogP contribution in [0.4, 0.5) is 14.7 Å². The zero-order valence-electron chi connectivity index (χ0n) is 20.5. The molecule has 2 aromatic heterocycles. The van der Waals surface area contributed by atoms with Crippen molar-refractivity contribution in [1.82, 2.24) is 25.1 Å². The maximum absolute atomic E-state index is 14.7. The Morgan fingerprint density at radius 3 is 2.68 bits per heavy atom. The van der Waals surface area contributed by atoms with E-state index >= 15 is 0 Å². The summed E-state index contributed by atoms with van der Waals surface area (Å²) >= 11 is 0. The van der Waals surface area contributed by atoms with Crippen LogP contribution in [0.3, 0.4) is 0 Å². The summed E-state index contributed by atoms with van der Waals surface area (Å²) in [6, 6.07) is 8.20. The number of benzene rings is 2. The molecule has 1 fully saturated rings. The third-order valence-corrected chi connectivity index (χ3v) is 6.61. The largest absolute Gasteiger partial charge is 0.350 e. The van der Waals surface area contributed by atoms with Crippen molar-refractivity contribution in [3.05, 3.63) is 93.2 Å². The number of amides is 1. The Labute approximate surface area is 211 Å². The molecule has 2 N–H and O–H groups in total. The van der Waals surface area contributed by atoms with Crippen LogP contribution in [0.25, 0.3) is 10.8 Å². The number of carbonyl (C=O) groups excluding carboxylic acids is 1. The lowest BCUT2D eigenvalue weighted by molar-refractivity contribution is 0.0787. The number of nitrogens with one attached hydrogen (secondary N) is 2. The van der Waals surface area contributed by atoms with Gasteiger partial charge in [0.1, 0.15) is 11.6 Å². The SMILES string of the molecule is CC(C)c1cnc(N[C@@H]2CCN(C(=O)c3cc(Cc4n[nH]c(=O)c5cc(F)ccc45)ccc3F)C2)nc1. The van der Waals surface area contributed by atoms with E-state index < -0.39 is 23.1 Å². The van der Waals surface area contributed by atoms with Crippen LogP contribution in [-0.2, 0) is 6.42 Å². The van der Waals surface area contributed by atoms with Crippen molar-refractivity contribution in [2.45, 2.75) is 38.6 Å². The van der Waals surface area contributed by atoms with E-state index in [1.54, 1.807) is 23.4 Å². The molecule has 0 saturated carbocycles. The van der Waals surface area contributed by atoms with Gasteiger partial charge in [0, 0.05) is 43.3 Å². The number of hydrogen-bond acceptors (Lipinski definition) is 6. The molecule has 1 amide bonds. The van der Waals surface area contributed by atoms with Crippen LogP contribution in [0.15, 0.2) is 53.6 Å². The lowest BCUT2D eigenvalue weighted by atomic mass is 10.0. The van der Waals surface area contributed by atoms with Gasteiger partial charge in [-0.2, -0.15) is 5.10 Å². The van der Waals surface area contributed by atoms with Gasteiger partial charge in [-0.3, -0.25) is 9.59 Å². The number of anilines is 1. The smallest absolute Gasteiger partial charge is 0.272 e. The Balaban J connectivity index is 1.31. The molecule has 1 aliphatic rings. The summed E-state index contributed by atoms with van der Waals surface area (Å²) in [7, 11) is 0. The van der Waals surface area contributed by atoms with Crippen molar-refractivity contribution in [1.29, 1.82) is 0 Å². The molecule has 2 aromatic carbocycles. The third kappa shape index (κ3) is 5.18. The Hall–Kier alpha value is -4.21. The average Bonchev–Trinajstić information content (AvgIpc) is 3.35.